The lowest BCUT2D eigenvalue weighted by molar-refractivity contribution is -0.137. The Morgan fingerprint density at radius 2 is 1.75 bits per heavy atom. The molecule has 164 valence electrons. The summed E-state index contributed by atoms with van der Waals surface area (Å²) in [5.41, 5.74) is 0.610. The van der Waals surface area contributed by atoms with E-state index in [1.807, 2.05) is 43.3 Å². The highest BCUT2D eigenvalue weighted by atomic mass is 19.4. The second-order valence-electron chi connectivity index (χ2n) is 7.34. The maximum Gasteiger partial charge on any atom is 0.416 e. The van der Waals surface area contributed by atoms with Crippen molar-refractivity contribution in [1.29, 1.82) is 0 Å². The lowest BCUT2D eigenvalue weighted by atomic mass is 10.1. The van der Waals surface area contributed by atoms with Crippen LogP contribution in [0, 0.1) is 0 Å². The molecule has 0 N–H and O–H groups in total. The SMILES string of the molecule is CCc1nc(=O)n(-c2cccc(CCOc3ccccc3)c2)c2cc(C(F)(F)F)ccc12. The molecule has 3 aromatic carbocycles. The van der Waals surface area contributed by atoms with Crippen molar-refractivity contribution in [2.45, 2.75) is 25.9 Å². The van der Waals surface area contributed by atoms with Crippen LogP contribution in [0.2, 0.25) is 0 Å². The molecule has 32 heavy (non-hydrogen) atoms. The normalized spacial score (nSPS) is 11.6. The molecule has 0 fully saturated rings. The van der Waals surface area contributed by atoms with Gasteiger partial charge in [0.15, 0.2) is 0 Å². The van der Waals surface area contributed by atoms with Gasteiger partial charge < -0.3 is 4.74 Å². The van der Waals surface area contributed by atoms with E-state index in [1.165, 1.54) is 10.6 Å². The minimum absolute atomic E-state index is 0.189. The van der Waals surface area contributed by atoms with Crippen LogP contribution in [0.25, 0.3) is 16.6 Å². The Balaban J connectivity index is 1.73. The lowest BCUT2D eigenvalue weighted by Crippen LogP contribution is -2.24. The van der Waals surface area contributed by atoms with Crippen molar-refractivity contribution in [3.05, 3.63) is 100 Å². The molecule has 4 rings (SSSR count). The monoisotopic (exact) mass is 438 g/mol. The second-order valence-corrected chi connectivity index (χ2v) is 7.34. The van der Waals surface area contributed by atoms with Crippen LogP contribution in [0.5, 0.6) is 5.75 Å². The zero-order valence-corrected chi connectivity index (χ0v) is 17.4. The Labute approximate surface area is 182 Å². The third-order valence-electron chi connectivity index (χ3n) is 5.21. The Kier molecular flexibility index (Phi) is 5.99. The number of aryl methyl sites for hydroxylation is 1. The maximum atomic E-state index is 13.4. The standard InChI is InChI=1S/C25H21F3N2O2/c1-2-22-21-12-11-18(25(26,27)28)16-23(21)30(24(31)29-22)19-8-6-7-17(15-19)13-14-32-20-9-4-3-5-10-20/h3-12,15-16H,2,13-14H2,1H3. The van der Waals surface area contributed by atoms with Crippen molar-refractivity contribution in [1.82, 2.24) is 9.55 Å². The fourth-order valence-electron chi connectivity index (χ4n) is 3.64. The highest BCUT2D eigenvalue weighted by Gasteiger charge is 2.31. The summed E-state index contributed by atoms with van der Waals surface area (Å²) in [5, 5.41) is 0.526. The van der Waals surface area contributed by atoms with Crippen LogP contribution < -0.4 is 10.4 Å². The van der Waals surface area contributed by atoms with Gasteiger partial charge >= 0.3 is 11.9 Å². The topological polar surface area (TPSA) is 44.1 Å². The number of hydrogen-bond donors (Lipinski definition) is 0. The molecular formula is C25H21F3N2O2. The number of benzene rings is 3. The number of ether oxygens (including phenoxy) is 1. The van der Waals surface area contributed by atoms with E-state index in [4.69, 9.17) is 4.74 Å². The van der Waals surface area contributed by atoms with Gasteiger partial charge in [0.25, 0.3) is 0 Å². The molecule has 0 aliphatic carbocycles. The molecule has 0 saturated heterocycles. The third-order valence-corrected chi connectivity index (χ3v) is 5.21. The summed E-state index contributed by atoms with van der Waals surface area (Å²) in [6, 6.07) is 20.0. The number of halogens is 3. The molecule has 1 aromatic heterocycles. The number of para-hydroxylation sites is 1. The Bertz CT molecular complexity index is 1300. The molecule has 0 unspecified atom stereocenters. The van der Waals surface area contributed by atoms with Crippen LogP contribution in [0.4, 0.5) is 13.2 Å². The highest BCUT2D eigenvalue weighted by molar-refractivity contribution is 5.83. The molecule has 0 atom stereocenters. The maximum absolute atomic E-state index is 13.4. The van der Waals surface area contributed by atoms with E-state index in [0.29, 0.717) is 36.2 Å². The van der Waals surface area contributed by atoms with Crippen molar-refractivity contribution in [2.24, 2.45) is 0 Å². The van der Waals surface area contributed by atoms with Crippen molar-refractivity contribution in [3.63, 3.8) is 0 Å². The van der Waals surface area contributed by atoms with E-state index >= 15 is 0 Å². The first kappa shape index (κ1) is 21.6. The van der Waals surface area contributed by atoms with Gasteiger partial charge in [0, 0.05) is 11.8 Å². The summed E-state index contributed by atoms with van der Waals surface area (Å²) < 4.78 is 47.0. The first-order valence-corrected chi connectivity index (χ1v) is 10.3. The zero-order valence-electron chi connectivity index (χ0n) is 17.4. The first-order valence-electron chi connectivity index (χ1n) is 10.3. The molecule has 0 amide bonds. The molecule has 0 bridgehead atoms. The predicted octanol–water partition coefficient (Wildman–Crippen LogP) is 5.59. The van der Waals surface area contributed by atoms with E-state index in [0.717, 1.165) is 23.4 Å². The molecule has 0 radical (unpaired) electrons. The van der Waals surface area contributed by atoms with Crippen molar-refractivity contribution < 1.29 is 17.9 Å². The van der Waals surface area contributed by atoms with Gasteiger partial charge in [-0.25, -0.2) is 4.79 Å². The van der Waals surface area contributed by atoms with Crippen molar-refractivity contribution in [2.75, 3.05) is 6.61 Å². The van der Waals surface area contributed by atoms with Crippen molar-refractivity contribution in [3.8, 4) is 11.4 Å². The fourth-order valence-corrected chi connectivity index (χ4v) is 3.64. The summed E-state index contributed by atoms with van der Waals surface area (Å²) in [5.74, 6) is 0.755. The molecule has 0 saturated carbocycles. The van der Waals surface area contributed by atoms with Crippen LogP contribution in [-0.2, 0) is 19.0 Å². The average molecular weight is 438 g/mol. The van der Waals surface area contributed by atoms with Gasteiger partial charge in [0.05, 0.1) is 29.1 Å². The molecule has 0 aliphatic heterocycles. The smallest absolute Gasteiger partial charge is 0.416 e. The summed E-state index contributed by atoms with van der Waals surface area (Å²) >= 11 is 0. The minimum Gasteiger partial charge on any atom is -0.493 e. The average Bonchev–Trinajstić information content (AvgIpc) is 2.78. The van der Waals surface area contributed by atoms with E-state index in [1.54, 1.807) is 18.2 Å². The van der Waals surface area contributed by atoms with Gasteiger partial charge in [0.1, 0.15) is 5.75 Å². The van der Waals surface area contributed by atoms with Crippen LogP contribution in [-0.4, -0.2) is 16.2 Å². The minimum atomic E-state index is -4.51. The van der Waals surface area contributed by atoms with Gasteiger partial charge in [-0.3, -0.25) is 4.57 Å². The highest BCUT2D eigenvalue weighted by Crippen LogP contribution is 2.32. The largest absolute Gasteiger partial charge is 0.493 e. The van der Waals surface area contributed by atoms with E-state index < -0.39 is 17.4 Å². The predicted molar refractivity (Wildman–Crippen MR) is 117 cm³/mol. The lowest BCUT2D eigenvalue weighted by Gasteiger charge is -2.15. The van der Waals surface area contributed by atoms with Gasteiger partial charge in [0.2, 0.25) is 0 Å². The Morgan fingerprint density at radius 3 is 2.47 bits per heavy atom. The number of alkyl halides is 3. The number of fused-ring (bicyclic) bond motifs is 1. The molecule has 4 nitrogen and oxygen atoms in total. The third kappa shape index (κ3) is 4.51. The van der Waals surface area contributed by atoms with Crippen LogP contribution in [0.1, 0.15) is 23.7 Å². The van der Waals surface area contributed by atoms with Crippen LogP contribution in [0.15, 0.2) is 77.6 Å². The fraction of sp³-hybridized carbons (Fsp3) is 0.200. The number of aromatic nitrogens is 2. The van der Waals surface area contributed by atoms with E-state index in [9.17, 15) is 18.0 Å². The van der Waals surface area contributed by atoms with Gasteiger partial charge in [-0.1, -0.05) is 43.3 Å². The Hall–Kier alpha value is -3.61. The molecule has 1 heterocycles. The molecule has 4 aromatic rings. The first-order chi connectivity index (χ1) is 15.4. The number of nitrogens with zero attached hydrogens (tertiary/aromatic N) is 2. The summed E-state index contributed by atoms with van der Waals surface area (Å²) in [6.45, 7) is 2.24. The molecule has 7 heteroatoms. The number of hydrogen-bond acceptors (Lipinski definition) is 3. The number of rotatable bonds is 6. The molecule has 0 spiro atoms. The van der Waals surface area contributed by atoms with Gasteiger partial charge in [-0.2, -0.15) is 18.2 Å². The second kappa shape index (κ2) is 8.86. The molecular weight excluding hydrogens is 417 g/mol. The van der Waals surface area contributed by atoms with E-state index in [-0.39, 0.29) is 5.52 Å². The summed E-state index contributed by atoms with van der Waals surface area (Å²) in [6.07, 6.45) is -3.50. The molecule has 0 aliphatic rings. The van der Waals surface area contributed by atoms with E-state index in [2.05, 4.69) is 4.98 Å². The summed E-state index contributed by atoms with van der Waals surface area (Å²) in [7, 11) is 0. The zero-order chi connectivity index (χ0) is 22.7. The quantitative estimate of drug-likeness (QED) is 0.394. The van der Waals surface area contributed by atoms with Crippen molar-refractivity contribution >= 4 is 10.9 Å². The summed E-state index contributed by atoms with van der Waals surface area (Å²) in [4.78, 5) is 17.0. The van der Waals surface area contributed by atoms with Gasteiger partial charge in [-0.05, 0) is 48.4 Å². The van der Waals surface area contributed by atoms with Crippen LogP contribution >= 0.6 is 0 Å². The van der Waals surface area contributed by atoms with Gasteiger partial charge in [-0.15, -0.1) is 0 Å². The Morgan fingerprint density at radius 1 is 0.969 bits per heavy atom. The van der Waals surface area contributed by atoms with Crippen LogP contribution in [0.3, 0.4) is 0 Å².